The van der Waals surface area contributed by atoms with Crippen LogP contribution in [0, 0.1) is 0 Å². The number of ether oxygens (including phenoxy) is 1. The summed E-state index contributed by atoms with van der Waals surface area (Å²) in [6.07, 6.45) is -1.86. The molecule has 0 fully saturated rings. The molecule has 0 N–H and O–H groups in total. The lowest BCUT2D eigenvalue weighted by molar-refractivity contribution is -0.136. The first-order valence-electron chi connectivity index (χ1n) is 5.14. The van der Waals surface area contributed by atoms with E-state index in [0.29, 0.717) is 13.0 Å². The van der Waals surface area contributed by atoms with E-state index in [1.54, 1.807) is 0 Å². The van der Waals surface area contributed by atoms with Gasteiger partial charge in [0.25, 0.3) is 0 Å². The summed E-state index contributed by atoms with van der Waals surface area (Å²) in [6, 6.07) is 0. The van der Waals surface area contributed by atoms with Gasteiger partial charge in [0, 0.05) is 13.0 Å². The van der Waals surface area contributed by atoms with E-state index in [4.69, 9.17) is 4.74 Å². The van der Waals surface area contributed by atoms with Crippen molar-refractivity contribution in [2.45, 2.75) is 58.2 Å². The third-order valence-corrected chi connectivity index (χ3v) is 1.95. The molecule has 1 unspecified atom stereocenters. The van der Waals surface area contributed by atoms with Gasteiger partial charge in [-0.15, -0.1) is 0 Å². The highest BCUT2D eigenvalue weighted by Gasteiger charge is 2.25. The highest BCUT2D eigenvalue weighted by atomic mass is 19.4. The Balaban J connectivity index is 3.21. The number of hydrogen-bond acceptors (Lipinski definition) is 1. The fourth-order valence-electron chi connectivity index (χ4n) is 1.20. The molecule has 0 aliphatic rings. The van der Waals surface area contributed by atoms with E-state index in [9.17, 15) is 13.2 Å². The first-order valence-corrected chi connectivity index (χ1v) is 5.14. The number of rotatable bonds is 7. The Morgan fingerprint density at radius 1 is 1.21 bits per heavy atom. The highest BCUT2D eigenvalue weighted by molar-refractivity contribution is 4.52. The topological polar surface area (TPSA) is 9.23 Å². The Morgan fingerprint density at radius 3 is 2.36 bits per heavy atom. The Bertz CT molecular complexity index is 134. The maximum atomic E-state index is 11.7. The molecular weight excluding hydrogens is 193 g/mol. The Kier molecular flexibility index (Phi) is 6.97. The second-order valence-corrected chi connectivity index (χ2v) is 3.54. The first-order chi connectivity index (χ1) is 6.45. The Hall–Kier alpha value is -0.250. The predicted octanol–water partition coefficient (Wildman–Crippen LogP) is 3.92. The fourth-order valence-corrected chi connectivity index (χ4v) is 1.20. The molecule has 86 valence electrons. The summed E-state index contributed by atoms with van der Waals surface area (Å²) < 4.78 is 40.5. The van der Waals surface area contributed by atoms with Crippen LogP contribution in [0.2, 0.25) is 0 Å². The van der Waals surface area contributed by atoms with E-state index in [-0.39, 0.29) is 12.5 Å². The summed E-state index contributed by atoms with van der Waals surface area (Å²) in [7, 11) is 0. The molecule has 0 bridgehead atoms. The van der Waals surface area contributed by atoms with E-state index < -0.39 is 12.6 Å². The van der Waals surface area contributed by atoms with Crippen molar-refractivity contribution in [3.8, 4) is 0 Å². The molecule has 0 aliphatic carbocycles. The minimum absolute atomic E-state index is 0.169. The Morgan fingerprint density at radius 2 is 1.86 bits per heavy atom. The molecule has 0 radical (unpaired) electrons. The second-order valence-electron chi connectivity index (χ2n) is 3.54. The van der Waals surface area contributed by atoms with Crippen LogP contribution in [0.25, 0.3) is 0 Å². The molecule has 0 spiro atoms. The SMILES string of the molecule is CCCC(C)OCCCCC(F)(F)F. The van der Waals surface area contributed by atoms with Gasteiger partial charge in [-0.3, -0.25) is 0 Å². The number of alkyl halides is 3. The lowest BCUT2D eigenvalue weighted by atomic mass is 10.2. The lowest BCUT2D eigenvalue weighted by Crippen LogP contribution is -2.10. The monoisotopic (exact) mass is 212 g/mol. The fraction of sp³-hybridized carbons (Fsp3) is 1.00. The van der Waals surface area contributed by atoms with Gasteiger partial charge in [-0.2, -0.15) is 13.2 Å². The second kappa shape index (κ2) is 7.10. The van der Waals surface area contributed by atoms with Crippen LogP contribution in [-0.2, 0) is 4.74 Å². The molecular formula is C10H19F3O. The van der Waals surface area contributed by atoms with Gasteiger partial charge >= 0.3 is 6.18 Å². The third-order valence-electron chi connectivity index (χ3n) is 1.95. The standard InChI is InChI=1S/C10H19F3O/c1-3-6-9(2)14-8-5-4-7-10(11,12)13/h9H,3-8H2,1-2H3. The minimum Gasteiger partial charge on any atom is -0.379 e. The van der Waals surface area contributed by atoms with E-state index in [1.165, 1.54) is 0 Å². The summed E-state index contributed by atoms with van der Waals surface area (Å²) in [5, 5.41) is 0. The largest absolute Gasteiger partial charge is 0.389 e. The summed E-state index contributed by atoms with van der Waals surface area (Å²) in [5.74, 6) is 0. The van der Waals surface area contributed by atoms with Gasteiger partial charge in [-0.1, -0.05) is 13.3 Å². The highest BCUT2D eigenvalue weighted by Crippen LogP contribution is 2.22. The molecule has 0 rings (SSSR count). The van der Waals surface area contributed by atoms with Crippen LogP contribution in [0.1, 0.15) is 46.0 Å². The van der Waals surface area contributed by atoms with Crippen LogP contribution in [0.4, 0.5) is 13.2 Å². The van der Waals surface area contributed by atoms with Crippen LogP contribution in [0.3, 0.4) is 0 Å². The Labute approximate surface area is 83.6 Å². The van der Waals surface area contributed by atoms with E-state index in [0.717, 1.165) is 12.8 Å². The minimum atomic E-state index is -4.02. The van der Waals surface area contributed by atoms with Crippen molar-refractivity contribution >= 4 is 0 Å². The zero-order valence-corrected chi connectivity index (χ0v) is 8.86. The van der Waals surface area contributed by atoms with Gasteiger partial charge in [-0.25, -0.2) is 0 Å². The summed E-state index contributed by atoms with van der Waals surface area (Å²) in [5.41, 5.74) is 0. The summed E-state index contributed by atoms with van der Waals surface area (Å²) >= 11 is 0. The predicted molar refractivity (Wildman–Crippen MR) is 50.2 cm³/mol. The summed E-state index contributed by atoms with van der Waals surface area (Å²) in [6.45, 7) is 4.45. The molecule has 0 heterocycles. The first kappa shape index (κ1) is 13.8. The molecule has 0 saturated heterocycles. The van der Waals surface area contributed by atoms with Crippen LogP contribution in [0.5, 0.6) is 0 Å². The van der Waals surface area contributed by atoms with Gasteiger partial charge in [0.15, 0.2) is 0 Å². The quantitative estimate of drug-likeness (QED) is 0.581. The molecule has 14 heavy (non-hydrogen) atoms. The average molecular weight is 212 g/mol. The van der Waals surface area contributed by atoms with Crippen molar-refractivity contribution in [2.75, 3.05) is 6.61 Å². The van der Waals surface area contributed by atoms with Crippen LogP contribution in [0.15, 0.2) is 0 Å². The maximum Gasteiger partial charge on any atom is 0.389 e. The van der Waals surface area contributed by atoms with Crippen molar-refractivity contribution in [1.82, 2.24) is 0 Å². The maximum absolute atomic E-state index is 11.7. The van der Waals surface area contributed by atoms with E-state index in [1.807, 2.05) is 6.92 Å². The molecule has 0 aromatic carbocycles. The number of halogens is 3. The van der Waals surface area contributed by atoms with Gasteiger partial charge < -0.3 is 4.74 Å². The van der Waals surface area contributed by atoms with Gasteiger partial charge in [0.2, 0.25) is 0 Å². The molecule has 1 atom stereocenters. The van der Waals surface area contributed by atoms with Crippen LogP contribution in [-0.4, -0.2) is 18.9 Å². The molecule has 0 aromatic rings. The molecule has 0 aliphatic heterocycles. The molecule has 0 saturated carbocycles. The van der Waals surface area contributed by atoms with Crippen molar-refractivity contribution < 1.29 is 17.9 Å². The molecule has 0 aromatic heterocycles. The zero-order chi connectivity index (χ0) is 11.0. The van der Waals surface area contributed by atoms with Crippen LogP contribution >= 0.6 is 0 Å². The number of unbranched alkanes of at least 4 members (excludes halogenated alkanes) is 1. The van der Waals surface area contributed by atoms with Crippen molar-refractivity contribution in [2.24, 2.45) is 0 Å². The molecule has 4 heteroatoms. The normalized spacial score (nSPS) is 14.4. The summed E-state index contributed by atoms with van der Waals surface area (Å²) in [4.78, 5) is 0. The number of hydrogen-bond donors (Lipinski definition) is 0. The average Bonchev–Trinajstić information content (AvgIpc) is 2.02. The van der Waals surface area contributed by atoms with Crippen molar-refractivity contribution in [1.29, 1.82) is 0 Å². The van der Waals surface area contributed by atoms with Gasteiger partial charge in [-0.05, 0) is 26.2 Å². The van der Waals surface area contributed by atoms with Gasteiger partial charge in [0.1, 0.15) is 0 Å². The van der Waals surface area contributed by atoms with Crippen LogP contribution < -0.4 is 0 Å². The van der Waals surface area contributed by atoms with E-state index in [2.05, 4.69) is 6.92 Å². The molecule has 0 amide bonds. The third kappa shape index (κ3) is 9.84. The smallest absolute Gasteiger partial charge is 0.379 e. The van der Waals surface area contributed by atoms with Crippen molar-refractivity contribution in [3.63, 3.8) is 0 Å². The van der Waals surface area contributed by atoms with Crippen molar-refractivity contribution in [3.05, 3.63) is 0 Å². The zero-order valence-electron chi connectivity index (χ0n) is 8.86. The van der Waals surface area contributed by atoms with Gasteiger partial charge in [0.05, 0.1) is 6.10 Å². The molecule has 1 nitrogen and oxygen atoms in total. The lowest BCUT2D eigenvalue weighted by Gasteiger charge is -2.11. The van der Waals surface area contributed by atoms with E-state index >= 15 is 0 Å².